The van der Waals surface area contributed by atoms with Gasteiger partial charge in [-0.05, 0) is 65.0 Å². The van der Waals surface area contributed by atoms with E-state index in [2.05, 4.69) is 54.4 Å². The number of nitrogens with one attached hydrogen (secondary N) is 2. The number of anilines is 2. The van der Waals surface area contributed by atoms with Gasteiger partial charge in [0, 0.05) is 46.3 Å². The lowest BCUT2D eigenvalue weighted by Gasteiger charge is -2.55. The van der Waals surface area contributed by atoms with Crippen molar-refractivity contribution in [1.29, 1.82) is 0 Å². The number of hydrazine groups is 1. The predicted molar refractivity (Wildman–Crippen MR) is 140 cm³/mol. The summed E-state index contributed by atoms with van der Waals surface area (Å²) in [6, 6.07) is 1.86. The van der Waals surface area contributed by atoms with Crippen LogP contribution < -0.4 is 15.5 Å². The van der Waals surface area contributed by atoms with Crippen LogP contribution in [0.4, 0.5) is 11.6 Å². The van der Waals surface area contributed by atoms with Gasteiger partial charge in [-0.2, -0.15) is 5.01 Å². The van der Waals surface area contributed by atoms with Crippen LogP contribution in [-0.4, -0.2) is 115 Å². The number of carbonyl (C=O) groups excluding carboxylic acids is 2. The molecule has 1 saturated carbocycles. The standard InChI is InChI=1S/C25H39N9O2/c1-30(2)11-6-12-33-13-15-34(16-14-33)23-17-22(26-19-27-23)28-20(18-35)7-8-21-24(36)29-25(9-5-10-25)32(4)31(21)3/h7-8,17-19H,5-6,9-16H2,1-4H3,(H,29,36)(H,26,27,28)/b20-7+,21-8-. The van der Waals surface area contributed by atoms with Crippen molar-refractivity contribution < 1.29 is 9.59 Å². The second-order valence-electron chi connectivity index (χ2n) is 10.1. The molecule has 3 fully saturated rings. The second kappa shape index (κ2) is 11.4. The minimum atomic E-state index is -0.284. The number of rotatable bonds is 9. The Morgan fingerprint density at radius 3 is 2.58 bits per heavy atom. The van der Waals surface area contributed by atoms with E-state index in [4.69, 9.17) is 0 Å². The number of aromatic nitrogens is 2. The Morgan fingerprint density at radius 1 is 1.19 bits per heavy atom. The summed E-state index contributed by atoms with van der Waals surface area (Å²) in [5, 5.41) is 10.1. The largest absolute Gasteiger partial charge is 0.354 e. The van der Waals surface area contributed by atoms with E-state index in [0.717, 1.165) is 70.6 Å². The minimum absolute atomic E-state index is 0.137. The monoisotopic (exact) mass is 497 g/mol. The van der Waals surface area contributed by atoms with Crippen molar-refractivity contribution in [3.8, 4) is 0 Å². The molecule has 11 nitrogen and oxygen atoms in total. The first kappa shape index (κ1) is 26.1. The summed E-state index contributed by atoms with van der Waals surface area (Å²) >= 11 is 0. The Balaban J connectivity index is 1.36. The number of hydrogen-bond donors (Lipinski definition) is 2. The van der Waals surface area contributed by atoms with Crippen molar-refractivity contribution in [3.05, 3.63) is 35.9 Å². The maximum atomic E-state index is 12.7. The molecule has 1 aromatic heterocycles. The molecule has 36 heavy (non-hydrogen) atoms. The van der Waals surface area contributed by atoms with E-state index < -0.39 is 0 Å². The molecule has 2 N–H and O–H groups in total. The minimum Gasteiger partial charge on any atom is -0.354 e. The van der Waals surface area contributed by atoms with Gasteiger partial charge in [0.2, 0.25) is 0 Å². The maximum absolute atomic E-state index is 12.7. The summed E-state index contributed by atoms with van der Waals surface area (Å²) in [6.07, 6.45) is 9.65. The molecule has 0 unspecified atom stereocenters. The highest BCUT2D eigenvalue weighted by atomic mass is 16.2. The molecule has 3 aliphatic rings. The molecule has 0 aromatic carbocycles. The molecule has 1 aromatic rings. The molecule has 2 aliphatic heterocycles. The average molecular weight is 498 g/mol. The molecular formula is C25H39N9O2. The molecule has 196 valence electrons. The predicted octanol–water partition coefficient (Wildman–Crippen LogP) is 0.718. The third kappa shape index (κ3) is 5.85. The fourth-order valence-corrected chi connectivity index (χ4v) is 4.92. The molecule has 1 aliphatic carbocycles. The quantitative estimate of drug-likeness (QED) is 0.375. The third-order valence-corrected chi connectivity index (χ3v) is 7.43. The molecule has 11 heteroatoms. The molecule has 1 spiro atoms. The maximum Gasteiger partial charge on any atom is 0.270 e. The van der Waals surface area contributed by atoms with Gasteiger partial charge in [0.25, 0.3) is 5.91 Å². The Bertz CT molecular complexity index is 997. The first-order valence-corrected chi connectivity index (χ1v) is 12.7. The number of allylic oxidation sites excluding steroid dienone is 3. The van der Waals surface area contributed by atoms with E-state index in [1.54, 1.807) is 12.2 Å². The second-order valence-corrected chi connectivity index (χ2v) is 10.1. The summed E-state index contributed by atoms with van der Waals surface area (Å²) in [6.45, 7) is 6.00. The fraction of sp³-hybridized carbons (Fsp3) is 0.600. The highest BCUT2D eigenvalue weighted by molar-refractivity contribution is 5.94. The molecule has 0 radical (unpaired) electrons. The van der Waals surface area contributed by atoms with Gasteiger partial charge in [0.15, 0.2) is 6.29 Å². The topological polar surface area (TPSA) is 100 Å². The van der Waals surface area contributed by atoms with E-state index in [1.165, 1.54) is 12.7 Å². The van der Waals surface area contributed by atoms with Crippen LogP contribution in [0.3, 0.4) is 0 Å². The average Bonchev–Trinajstić information content (AvgIpc) is 2.84. The zero-order valence-corrected chi connectivity index (χ0v) is 21.9. The van der Waals surface area contributed by atoms with Crippen LogP contribution in [0.15, 0.2) is 35.9 Å². The number of carbonyl (C=O) groups is 2. The molecular weight excluding hydrogens is 458 g/mol. The van der Waals surface area contributed by atoms with Crippen molar-refractivity contribution in [2.24, 2.45) is 0 Å². The summed E-state index contributed by atoms with van der Waals surface area (Å²) in [5.74, 6) is 1.24. The molecule has 2 saturated heterocycles. The molecule has 3 heterocycles. The Morgan fingerprint density at radius 2 is 1.94 bits per heavy atom. The number of aldehydes is 1. The van der Waals surface area contributed by atoms with Crippen molar-refractivity contribution in [2.75, 3.05) is 77.7 Å². The summed E-state index contributed by atoms with van der Waals surface area (Å²) in [7, 11) is 8.05. The van der Waals surface area contributed by atoms with E-state index >= 15 is 0 Å². The van der Waals surface area contributed by atoms with E-state index in [0.29, 0.717) is 17.2 Å². The molecule has 0 bridgehead atoms. The van der Waals surface area contributed by atoms with Crippen LogP contribution in [0.1, 0.15) is 25.7 Å². The van der Waals surface area contributed by atoms with Gasteiger partial charge in [0.05, 0.1) is 5.70 Å². The summed E-state index contributed by atoms with van der Waals surface area (Å²) in [5.41, 5.74) is 0.502. The lowest BCUT2D eigenvalue weighted by molar-refractivity contribution is -0.160. The fourth-order valence-electron chi connectivity index (χ4n) is 4.92. The van der Waals surface area contributed by atoms with Gasteiger partial charge in [-0.15, -0.1) is 0 Å². The smallest absolute Gasteiger partial charge is 0.270 e. The Kier molecular flexibility index (Phi) is 8.22. The van der Waals surface area contributed by atoms with Crippen LogP contribution in [0.5, 0.6) is 0 Å². The number of hydrogen-bond acceptors (Lipinski definition) is 10. The number of likely N-dealkylation sites (N-methyl/N-ethyl adjacent to an activating group) is 1. The van der Waals surface area contributed by atoms with Crippen LogP contribution in [0, 0.1) is 0 Å². The highest BCUT2D eigenvalue weighted by Gasteiger charge is 2.48. The van der Waals surface area contributed by atoms with E-state index in [-0.39, 0.29) is 11.6 Å². The van der Waals surface area contributed by atoms with E-state index in [9.17, 15) is 9.59 Å². The van der Waals surface area contributed by atoms with Crippen LogP contribution in [0.25, 0.3) is 0 Å². The lowest BCUT2D eigenvalue weighted by Crippen LogP contribution is -2.71. The van der Waals surface area contributed by atoms with Gasteiger partial charge < -0.3 is 25.4 Å². The zero-order chi connectivity index (χ0) is 25.7. The molecule has 0 atom stereocenters. The molecule has 4 rings (SSSR count). The van der Waals surface area contributed by atoms with Crippen molar-refractivity contribution in [2.45, 2.75) is 31.3 Å². The third-order valence-electron chi connectivity index (χ3n) is 7.43. The van der Waals surface area contributed by atoms with Crippen LogP contribution in [-0.2, 0) is 9.59 Å². The van der Waals surface area contributed by atoms with Gasteiger partial charge in [0.1, 0.15) is 29.3 Å². The van der Waals surface area contributed by atoms with Gasteiger partial charge in [-0.1, -0.05) is 0 Å². The van der Waals surface area contributed by atoms with Gasteiger partial charge >= 0.3 is 0 Å². The Hall–Kier alpha value is -3.02. The Labute approximate surface area is 213 Å². The first-order chi connectivity index (χ1) is 17.3. The zero-order valence-electron chi connectivity index (χ0n) is 21.9. The van der Waals surface area contributed by atoms with Crippen LogP contribution in [0.2, 0.25) is 0 Å². The van der Waals surface area contributed by atoms with E-state index in [1.807, 2.05) is 25.2 Å². The van der Waals surface area contributed by atoms with Crippen LogP contribution >= 0.6 is 0 Å². The van der Waals surface area contributed by atoms with Crippen molar-refractivity contribution in [1.82, 2.24) is 35.1 Å². The number of amides is 1. The van der Waals surface area contributed by atoms with Gasteiger partial charge in [-0.3, -0.25) is 14.5 Å². The normalized spacial score (nSPS) is 22.2. The number of nitrogens with zero attached hydrogens (tertiary/aromatic N) is 7. The SMILES string of the molecule is CN(C)CCCN1CCN(c2cc(N/C(C=O)=C/C=C3/C(=O)NC4(CCC4)N(C)N3C)ncn2)CC1. The number of piperazine rings is 1. The van der Waals surface area contributed by atoms with Gasteiger partial charge in [-0.25, -0.2) is 9.97 Å². The summed E-state index contributed by atoms with van der Waals surface area (Å²) < 4.78 is 0. The van der Waals surface area contributed by atoms with Crippen molar-refractivity contribution in [3.63, 3.8) is 0 Å². The molecule has 1 amide bonds. The highest BCUT2D eigenvalue weighted by Crippen LogP contribution is 2.38. The van der Waals surface area contributed by atoms with Crippen molar-refractivity contribution >= 4 is 23.8 Å². The first-order valence-electron chi connectivity index (χ1n) is 12.7. The summed E-state index contributed by atoms with van der Waals surface area (Å²) in [4.78, 5) is 40.2. The lowest BCUT2D eigenvalue weighted by atomic mass is 9.83.